The van der Waals surface area contributed by atoms with E-state index < -0.39 is 0 Å². The Kier molecular flexibility index (Phi) is 7.31. The predicted molar refractivity (Wildman–Crippen MR) is 127 cm³/mol. The average Bonchev–Trinajstić information content (AvgIpc) is 3.50. The van der Waals surface area contributed by atoms with Crippen LogP contribution in [-0.2, 0) is 4.79 Å². The number of benzene rings is 2. The van der Waals surface area contributed by atoms with E-state index in [1.54, 1.807) is 12.3 Å². The maximum absolute atomic E-state index is 12.5. The van der Waals surface area contributed by atoms with Crippen molar-refractivity contribution in [1.82, 2.24) is 14.8 Å². The van der Waals surface area contributed by atoms with E-state index in [0.717, 1.165) is 17.2 Å². The third-order valence-electron chi connectivity index (χ3n) is 4.56. The number of nitrogens with one attached hydrogen (secondary N) is 1. The van der Waals surface area contributed by atoms with Gasteiger partial charge in [0.25, 0.3) is 0 Å². The van der Waals surface area contributed by atoms with Gasteiger partial charge in [0.1, 0.15) is 11.5 Å². The standard InChI is InChI=1S/C24H24N4O4S/c1-3-30-19-11-7-17(8-12-19)25-22(29)16-33-24-27-26-23(21-6-5-15-32-21)28(24)18-9-13-20(14-10-18)31-4-2/h5-15H,3-4,16H2,1-2H3,(H,25,29). The fourth-order valence-corrected chi connectivity index (χ4v) is 3.90. The Morgan fingerprint density at radius 1 is 0.970 bits per heavy atom. The average molecular weight is 465 g/mol. The van der Waals surface area contributed by atoms with Gasteiger partial charge in [0, 0.05) is 5.69 Å². The molecule has 1 amide bonds. The van der Waals surface area contributed by atoms with E-state index in [4.69, 9.17) is 13.9 Å². The molecule has 0 atom stereocenters. The number of hydrogen-bond acceptors (Lipinski definition) is 7. The summed E-state index contributed by atoms with van der Waals surface area (Å²) >= 11 is 1.29. The molecule has 0 saturated carbocycles. The van der Waals surface area contributed by atoms with Gasteiger partial charge < -0.3 is 19.2 Å². The minimum atomic E-state index is -0.148. The Morgan fingerprint density at radius 2 is 1.64 bits per heavy atom. The van der Waals surface area contributed by atoms with Crippen molar-refractivity contribution in [3.63, 3.8) is 0 Å². The van der Waals surface area contributed by atoms with Gasteiger partial charge in [-0.05, 0) is 74.5 Å². The number of nitrogens with zero attached hydrogens (tertiary/aromatic N) is 3. The summed E-state index contributed by atoms with van der Waals surface area (Å²) in [4.78, 5) is 12.5. The molecule has 0 bridgehead atoms. The number of anilines is 1. The number of rotatable bonds is 10. The zero-order valence-electron chi connectivity index (χ0n) is 18.4. The lowest BCUT2D eigenvalue weighted by Gasteiger charge is -2.11. The minimum absolute atomic E-state index is 0.148. The van der Waals surface area contributed by atoms with Crippen molar-refractivity contribution in [2.75, 3.05) is 24.3 Å². The van der Waals surface area contributed by atoms with Gasteiger partial charge in [-0.15, -0.1) is 10.2 Å². The first-order valence-corrected chi connectivity index (χ1v) is 11.5. The van der Waals surface area contributed by atoms with E-state index in [-0.39, 0.29) is 11.7 Å². The number of thioether (sulfide) groups is 1. The molecular weight excluding hydrogens is 440 g/mol. The van der Waals surface area contributed by atoms with Crippen LogP contribution in [0.5, 0.6) is 11.5 Å². The Bertz CT molecular complexity index is 1170. The molecule has 0 spiro atoms. The monoisotopic (exact) mass is 464 g/mol. The summed E-state index contributed by atoms with van der Waals surface area (Å²) in [6.45, 7) is 5.05. The molecule has 4 rings (SSSR count). The van der Waals surface area contributed by atoms with Crippen LogP contribution in [0.25, 0.3) is 17.3 Å². The number of furan rings is 1. The van der Waals surface area contributed by atoms with Gasteiger partial charge in [-0.1, -0.05) is 11.8 Å². The minimum Gasteiger partial charge on any atom is -0.494 e. The van der Waals surface area contributed by atoms with Crippen molar-refractivity contribution >= 4 is 23.4 Å². The Labute approximate surface area is 195 Å². The third-order valence-corrected chi connectivity index (χ3v) is 5.49. The summed E-state index contributed by atoms with van der Waals surface area (Å²) in [6.07, 6.45) is 1.59. The van der Waals surface area contributed by atoms with Gasteiger partial charge in [-0.2, -0.15) is 0 Å². The maximum atomic E-state index is 12.5. The Balaban J connectivity index is 1.50. The number of amides is 1. The maximum Gasteiger partial charge on any atom is 0.234 e. The van der Waals surface area contributed by atoms with Gasteiger partial charge in [0.2, 0.25) is 11.7 Å². The van der Waals surface area contributed by atoms with Crippen LogP contribution in [0, 0.1) is 0 Å². The molecule has 9 heteroatoms. The van der Waals surface area contributed by atoms with Gasteiger partial charge in [-0.3, -0.25) is 9.36 Å². The predicted octanol–water partition coefficient (Wildman–Crippen LogP) is 5.06. The summed E-state index contributed by atoms with van der Waals surface area (Å²) in [7, 11) is 0. The van der Waals surface area contributed by atoms with Crippen molar-refractivity contribution in [2.24, 2.45) is 0 Å². The zero-order chi connectivity index (χ0) is 23.0. The Morgan fingerprint density at radius 3 is 2.24 bits per heavy atom. The van der Waals surface area contributed by atoms with E-state index in [1.165, 1.54) is 11.8 Å². The molecule has 0 saturated heterocycles. The molecule has 0 fully saturated rings. The van der Waals surface area contributed by atoms with Gasteiger partial charge in [0.05, 0.1) is 30.9 Å². The second kappa shape index (κ2) is 10.7. The molecule has 4 aromatic rings. The van der Waals surface area contributed by atoms with Crippen molar-refractivity contribution in [2.45, 2.75) is 19.0 Å². The van der Waals surface area contributed by atoms with Crippen molar-refractivity contribution in [3.8, 4) is 28.8 Å². The zero-order valence-corrected chi connectivity index (χ0v) is 19.2. The Hall–Kier alpha value is -3.72. The lowest BCUT2D eigenvalue weighted by Crippen LogP contribution is -2.14. The number of ether oxygens (including phenoxy) is 2. The molecule has 0 aliphatic carbocycles. The SMILES string of the molecule is CCOc1ccc(NC(=O)CSc2nnc(-c3ccco3)n2-c2ccc(OCC)cc2)cc1. The topological polar surface area (TPSA) is 91.4 Å². The number of aromatic nitrogens is 3. The van der Waals surface area contributed by atoms with Gasteiger partial charge >= 0.3 is 0 Å². The van der Waals surface area contributed by atoms with Gasteiger partial charge in [0.15, 0.2) is 10.9 Å². The lowest BCUT2D eigenvalue weighted by atomic mass is 10.3. The second-order valence-electron chi connectivity index (χ2n) is 6.84. The highest BCUT2D eigenvalue weighted by Crippen LogP contribution is 2.29. The first-order valence-electron chi connectivity index (χ1n) is 10.6. The highest BCUT2D eigenvalue weighted by Gasteiger charge is 2.19. The van der Waals surface area contributed by atoms with Crippen LogP contribution in [0.2, 0.25) is 0 Å². The summed E-state index contributed by atoms with van der Waals surface area (Å²) in [5.74, 6) is 2.70. The fraction of sp³-hybridized carbons (Fsp3) is 0.208. The molecule has 8 nitrogen and oxygen atoms in total. The second-order valence-corrected chi connectivity index (χ2v) is 7.78. The highest BCUT2D eigenvalue weighted by molar-refractivity contribution is 7.99. The van der Waals surface area contributed by atoms with Crippen LogP contribution < -0.4 is 14.8 Å². The van der Waals surface area contributed by atoms with E-state index in [9.17, 15) is 4.79 Å². The molecule has 2 heterocycles. The van der Waals surface area contributed by atoms with Crippen molar-refractivity contribution in [1.29, 1.82) is 0 Å². The van der Waals surface area contributed by atoms with E-state index in [2.05, 4.69) is 15.5 Å². The number of hydrogen-bond donors (Lipinski definition) is 1. The van der Waals surface area contributed by atoms with Gasteiger partial charge in [-0.25, -0.2) is 0 Å². The lowest BCUT2D eigenvalue weighted by molar-refractivity contribution is -0.113. The summed E-state index contributed by atoms with van der Waals surface area (Å²) < 4.78 is 18.4. The van der Waals surface area contributed by atoms with E-state index in [0.29, 0.717) is 35.6 Å². The molecule has 1 N–H and O–H groups in total. The first kappa shape index (κ1) is 22.5. The van der Waals surface area contributed by atoms with Crippen molar-refractivity contribution in [3.05, 3.63) is 66.9 Å². The van der Waals surface area contributed by atoms with Crippen LogP contribution in [0.4, 0.5) is 5.69 Å². The van der Waals surface area contributed by atoms with Crippen LogP contribution in [0.1, 0.15) is 13.8 Å². The molecule has 0 aliphatic heterocycles. The summed E-state index contributed by atoms with van der Waals surface area (Å²) in [6, 6.07) is 18.5. The van der Waals surface area contributed by atoms with Crippen LogP contribution in [0.3, 0.4) is 0 Å². The molecule has 170 valence electrons. The fourth-order valence-electron chi connectivity index (χ4n) is 3.15. The molecule has 2 aromatic carbocycles. The third kappa shape index (κ3) is 5.56. The van der Waals surface area contributed by atoms with E-state index >= 15 is 0 Å². The van der Waals surface area contributed by atoms with Crippen LogP contribution in [-0.4, -0.2) is 39.6 Å². The first-order chi connectivity index (χ1) is 16.2. The number of carbonyl (C=O) groups excluding carboxylic acids is 1. The molecule has 2 aromatic heterocycles. The molecular formula is C24H24N4O4S. The van der Waals surface area contributed by atoms with Crippen LogP contribution >= 0.6 is 11.8 Å². The normalized spacial score (nSPS) is 10.7. The molecule has 0 unspecified atom stereocenters. The quantitative estimate of drug-likeness (QED) is 0.328. The largest absolute Gasteiger partial charge is 0.494 e. The smallest absolute Gasteiger partial charge is 0.234 e. The van der Waals surface area contributed by atoms with E-state index in [1.807, 2.05) is 73.0 Å². The molecule has 33 heavy (non-hydrogen) atoms. The van der Waals surface area contributed by atoms with Crippen molar-refractivity contribution < 1.29 is 18.7 Å². The molecule has 0 aliphatic rings. The molecule has 0 radical (unpaired) electrons. The van der Waals surface area contributed by atoms with Crippen LogP contribution in [0.15, 0.2) is 76.5 Å². The summed E-state index contributed by atoms with van der Waals surface area (Å²) in [5.41, 5.74) is 1.54. The number of carbonyl (C=O) groups is 1. The summed E-state index contributed by atoms with van der Waals surface area (Å²) in [5, 5.41) is 12.1. The highest BCUT2D eigenvalue weighted by atomic mass is 32.2.